The molecule has 7 nitrogen and oxygen atoms in total. The van der Waals surface area contributed by atoms with Gasteiger partial charge in [0.05, 0.1) is 23.7 Å². The van der Waals surface area contributed by atoms with Gasteiger partial charge in [-0.3, -0.25) is 4.99 Å². The van der Waals surface area contributed by atoms with Crippen molar-refractivity contribution in [2.45, 2.75) is 18.7 Å². The zero-order valence-corrected chi connectivity index (χ0v) is 20.5. The third-order valence-electron chi connectivity index (χ3n) is 4.39. The predicted octanol–water partition coefficient (Wildman–Crippen LogP) is 3.63. The second-order valence-electron chi connectivity index (χ2n) is 6.79. The van der Waals surface area contributed by atoms with Crippen LogP contribution in [0.25, 0.3) is 11.5 Å². The maximum Gasteiger partial charge on any atom is 0.226 e. The molecule has 0 fully saturated rings. The van der Waals surface area contributed by atoms with Crippen molar-refractivity contribution in [3.63, 3.8) is 0 Å². The molecule has 1 aromatic heterocycles. The number of nitrogens with zero attached hydrogens (tertiary/aromatic N) is 2. The molecule has 0 saturated carbocycles. The first-order chi connectivity index (χ1) is 14.6. The van der Waals surface area contributed by atoms with Crippen molar-refractivity contribution in [1.82, 2.24) is 15.6 Å². The predicted molar refractivity (Wildman–Crippen MR) is 134 cm³/mol. The van der Waals surface area contributed by atoms with Gasteiger partial charge in [0, 0.05) is 19.2 Å². The summed E-state index contributed by atoms with van der Waals surface area (Å²) < 4.78 is 30.0. The van der Waals surface area contributed by atoms with Crippen LogP contribution in [0.5, 0.6) is 0 Å². The molecule has 2 N–H and O–H groups in total. The molecule has 0 bridgehead atoms. The van der Waals surface area contributed by atoms with E-state index in [1.165, 1.54) is 0 Å². The average molecular weight is 554 g/mol. The molecule has 0 atom stereocenters. The van der Waals surface area contributed by atoms with Crippen LogP contribution in [-0.2, 0) is 22.1 Å². The largest absolute Gasteiger partial charge is 0.444 e. The molecular formula is C22H27IN4O3S. The van der Waals surface area contributed by atoms with Crippen molar-refractivity contribution >= 4 is 39.8 Å². The molecule has 3 aromatic rings. The third kappa shape index (κ3) is 8.33. The summed E-state index contributed by atoms with van der Waals surface area (Å²) in [4.78, 5) is 8.62. The summed E-state index contributed by atoms with van der Waals surface area (Å²) >= 11 is 0. The van der Waals surface area contributed by atoms with Crippen molar-refractivity contribution in [2.75, 3.05) is 19.3 Å². The average Bonchev–Trinajstić information content (AvgIpc) is 3.23. The molecule has 1 heterocycles. The number of hydrogen-bond acceptors (Lipinski definition) is 5. The van der Waals surface area contributed by atoms with Gasteiger partial charge in [-0.2, -0.15) is 0 Å². The quantitative estimate of drug-likeness (QED) is 0.182. The van der Waals surface area contributed by atoms with Gasteiger partial charge in [0.1, 0.15) is 6.26 Å². The van der Waals surface area contributed by atoms with E-state index in [0.29, 0.717) is 31.4 Å². The van der Waals surface area contributed by atoms with E-state index in [1.54, 1.807) is 13.3 Å². The number of aromatic nitrogens is 1. The Morgan fingerprint density at radius 1 is 1.03 bits per heavy atom. The molecule has 9 heteroatoms. The summed E-state index contributed by atoms with van der Waals surface area (Å²) in [6.45, 7) is 0.948. The molecule has 0 aliphatic rings. The van der Waals surface area contributed by atoms with E-state index in [9.17, 15) is 8.42 Å². The van der Waals surface area contributed by atoms with Crippen LogP contribution in [0.15, 0.2) is 76.3 Å². The first kappa shape index (κ1) is 24.9. The van der Waals surface area contributed by atoms with Gasteiger partial charge in [0.2, 0.25) is 5.89 Å². The highest BCUT2D eigenvalue weighted by Crippen LogP contribution is 2.17. The highest BCUT2D eigenvalue weighted by Gasteiger charge is 2.12. The Bertz CT molecular complexity index is 1050. The fourth-order valence-corrected chi connectivity index (χ4v) is 4.32. The highest BCUT2D eigenvalue weighted by molar-refractivity contribution is 14.0. The number of sulfone groups is 1. The molecule has 3 rings (SSSR count). The maximum atomic E-state index is 12.3. The summed E-state index contributed by atoms with van der Waals surface area (Å²) in [5.41, 5.74) is 2.48. The molecule has 2 aromatic carbocycles. The minimum Gasteiger partial charge on any atom is -0.444 e. The number of rotatable bonds is 9. The van der Waals surface area contributed by atoms with E-state index < -0.39 is 9.84 Å². The Morgan fingerprint density at radius 2 is 1.71 bits per heavy atom. The van der Waals surface area contributed by atoms with Gasteiger partial charge in [-0.1, -0.05) is 48.5 Å². The van der Waals surface area contributed by atoms with Crippen LogP contribution in [0.1, 0.15) is 17.7 Å². The summed E-state index contributed by atoms with van der Waals surface area (Å²) in [6, 6.07) is 18.9. The van der Waals surface area contributed by atoms with Gasteiger partial charge >= 0.3 is 0 Å². The van der Waals surface area contributed by atoms with Crippen molar-refractivity contribution in [2.24, 2.45) is 4.99 Å². The van der Waals surface area contributed by atoms with Crippen molar-refractivity contribution < 1.29 is 12.8 Å². The van der Waals surface area contributed by atoms with E-state index >= 15 is 0 Å². The number of halogens is 1. The van der Waals surface area contributed by atoms with Crippen LogP contribution in [0.2, 0.25) is 0 Å². The van der Waals surface area contributed by atoms with E-state index in [0.717, 1.165) is 16.8 Å². The molecule has 0 aliphatic heterocycles. The minimum atomic E-state index is -3.14. The molecule has 166 valence electrons. The summed E-state index contributed by atoms with van der Waals surface area (Å²) in [5, 5.41) is 6.29. The lowest BCUT2D eigenvalue weighted by Gasteiger charge is -2.11. The number of benzene rings is 2. The van der Waals surface area contributed by atoms with Gasteiger partial charge in [-0.15, -0.1) is 24.0 Å². The van der Waals surface area contributed by atoms with Gasteiger partial charge in [-0.05, 0) is 24.1 Å². The standard InChI is InChI=1S/C22H26N4O3S.HI/c1-23-22(24-13-8-14-30(27,28)17-18-9-4-2-5-10-18)25-15-20-16-29-21(26-20)19-11-6-3-7-12-19;/h2-7,9-12,16H,8,13-15,17H2,1H3,(H2,23,24,25);1H. The highest BCUT2D eigenvalue weighted by atomic mass is 127. The fraction of sp³-hybridized carbons (Fsp3) is 0.273. The van der Waals surface area contributed by atoms with Crippen molar-refractivity contribution in [1.29, 1.82) is 0 Å². The van der Waals surface area contributed by atoms with E-state index in [-0.39, 0.29) is 35.5 Å². The lowest BCUT2D eigenvalue weighted by molar-refractivity contribution is 0.572. The normalized spacial score (nSPS) is 11.6. The Labute approximate surface area is 200 Å². The molecular weight excluding hydrogens is 527 g/mol. The third-order valence-corrected chi connectivity index (χ3v) is 6.07. The summed E-state index contributed by atoms with van der Waals surface area (Å²) in [6.07, 6.45) is 2.11. The fourth-order valence-electron chi connectivity index (χ4n) is 2.90. The smallest absolute Gasteiger partial charge is 0.226 e. The monoisotopic (exact) mass is 554 g/mol. The van der Waals surface area contributed by atoms with Crippen LogP contribution in [0, 0.1) is 0 Å². The second-order valence-corrected chi connectivity index (χ2v) is 8.98. The van der Waals surface area contributed by atoms with Gasteiger partial charge in [0.15, 0.2) is 15.8 Å². The first-order valence-electron chi connectivity index (χ1n) is 9.74. The van der Waals surface area contributed by atoms with Gasteiger partial charge in [0.25, 0.3) is 0 Å². The minimum absolute atomic E-state index is 0. The zero-order chi connectivity index (χ0) is 21.2. The van der Waals surface area contributed by atoms with Crippen LogP contribution in [0.4, 0.5) is 0 Å². The molecule has 0 saturated heterocycles. The molecule has 0 spiro atoms. The lowest BCUT2D eigenvalue weighted by atomic mass is 10.2. The second kappa shape index (κ2) is 12.5. The maximum absolute atomic E-state index is 12.3. The van der Waals surface area contributed by atoms with Gasteiger partial charge in [-0.25, -0.2) is 13.4 Å². The number of aliphatic imine (C=N–C) groups is 1. The van der Waals surface area contributed by atoms with E-state index in [4.69, 9.17) is 4.42 Å². The van der Waals surface area contributed by atoms with Crippen LogP contribution in [0.3, 0.4) is 0 Å². The number of nitrogens with one attached hydrogen (secondary N) is 2. The number of hydrogen-bond donors (Lipinski definition) is 2. The Balaban J connectivity index is 0.00000341. The van der Waals surface area contributed by atoms with Crippen LogP contribution >= 0.6 is 24.0 Å². The number of guanidine groups is 1. The molecule has 0 unspecified atom stereocenters. The van der Waals surface area contributed by atoms with Crippen molar-refractivity contribution in [3.8, 4) is 11.5 Å². The Hall–Kier alpha value is -2.40. The molecule has 0 amide bonds. The molecule has 0 aliphatic carbocycles. The SMILES string of the molecule is CN=C(NCCCS(=O)(=O)Cc1ccccc1)NCc1coc(-c2ccccc2)n1.I. The van der Waals surface area contributed by atoms with Gasteiger partial charge < -0.3 is 15.1 Å². The Kier molecular flexibility index (Phi) is 9.99. The molecule has 31 heavy (non-hydrogen) atoms. The zero-order valence-electron chi connectivity index (χ0n) is 17.3. The topological polar surface area (TPSA) is 96.6 Å². The van der Waals surface area contributed by atoms with Crippen molar-refractivity contribution in [3.05, 3.63) is 78.2 Å². The summed E-state index contributed by atoms with van der Waals surface area (Å²) in [7, 11) is -1.47. The molecule has 0 radical (unpaired) electrons. The van der Waals surface area contributed by atoms with E-state index in [1.807, 2.05) is 60.7 Å². The van der Waals surface area contributed by atoms with Crippen LogP contribution < -0.4 is 10.6 Å². The Morgan fingerprint density at radius 3 is 2.39 bits per heavy atom. The lowest BCUT2D eigenvalue weighted by Crippen LogP contribution is -2.37. The number of oxazole rings is 1. The summed E-state index contributed by atoms with van der Waals surface area (Å²) in [5.74, 6) is 1.34. The van der Waals surface area contributed by atoms with Crippen LogP contribution in [-0.4, -0.2) is 38.7 Å². The van der Waals surface area contributed by atoms with E-state index in [2.05, 4.69) is 20.6 Å². The first-order valence-corrected chi connectivity index (χ1v) is 11.6.